The van der Waals surface area contributed by atoms with Gasteiger partial charge in [-0.3, -0.25) is 0 Å². The average Bonchev–Trinajstić information content (AvgIpc) is 2.57. The van der Waals surface area contributed by atoms with E-state index in [0.717, 1.165) is 0 Å². The van der Waals surface area contributed by atoms with Crippen LogP contribution in [0, 0.1) is 0 Å². The Balaban J connectivity index is 1.81. The molecule has 0 N–H and O–H groups in total. The molecule has 0 unspecified atom stereocenters. The van der Waals surface area contributed by atoms with E-state index in [9.17, 15) is 0 Å². The molecular formula is C9H21NOSi. The Bertz CT molecular complexity index is 105. The molecule has 0 aromatic carbocycles. The molecule has 0 amide bonds. The molecule has 0 aromatic heterocycles. The van der Waals surface area contributed by atoms with Gasteiger partial charge in [0.2, 0.25) is 0 Å². The van der Waals surface area contributed by atoms with Crippen LogP contribution in [0.3, 0.4) is 0 Å². The Morgan fingerprint density at radius 2 is 2.00 bits per heavy atom. The third-order valence-corrected chi connectivity index (χ3v) is 3.67. The molecule has 2 nitrogen and oxygen atoms in total. The van der Waals surface area contributed by atoms with Gasteiger partial charge in [-0.05, 0) is 18.9 Å². The van der Waals surface area contributed by atoms with Crippen molar-refractivity contribution in [3.05, 3.63) is 0 Å². The molecule has 1 aliphatic heterocycles. The van der Waals surface area contributed by atoms with Gasteiger partial charge in [0.25, 0.3) is 0 Å². The van der Waals surface area contributed by atoms with Crippen molar-refractivity contribution in [2.24, 2.45) is 0 Å². The molecule has 3 heteroatoms. The van der Waals surface area contributed by atoms with Crippen LogP contribution in [-0.2, 0) is 4.53 Å². The summed E-state index contributed by atoms with van der Waals surface area (Å²) in [6.07, 6.45) is 6.78. The highest BCUT2D eigenvalue weighted by Crippen LogP contribution is 2.08. The highest BCUT2D eigenvalue weighted by Gasteiger charge is 2.10. The number of unbranched alkanes of at least 4 members (excludes halogenated alkanes) is 2. The Labute approximate surface area is 78.2 Å². The minimum atomic E-state index is -0.213. The van der Waals surface area contributed by atoms with Crippen molar-refractivity contribution < 1.29 is 4.53 Å². The molecule has 1 saturated heterocycles. The van der Waals surface area contributed by atoms with E-state index in [2.05, 4.69) is 12.0 Å². The van der Waals surface area contributed by atoms with E-state index in [1.54, 1.807) is 0 Å². The van der Waals surface area contributed by atoms with Gasteiger partial charge in [0, 0.05) is 13.1 Å². The fourth-order valence-electron chi connectivity index (χ4n) is 1.54. The van der Waals surface area contributed by atoms with Crippen molar-refractivity contribution >= 4 is 9.76 Å². The summed E-state index contributed by atoms with van der Waals surface area (Å²) in [7, 11) is -0.213. The lowest BCUT2D eigenvalue weighted by Gasteiger charge is -2.14. The van der Waals surface area contributed by atoms with E-state index in [-0.39, 0.29) is 9.76 Å². The van der Waals surface area contributed by atoms with Crippen molar-refractivity contribution in [3.8, 4) is 0 Å². The predicted octanol–water partition coefficient (Wildman–Crippen LogP) is 1.71. The van der Waals surface area contributed by atoms with E-state index in [0.29, 0.717) is 0 Å². The van der Waals surface area contributed by atoms with Gasteiger partial charge in [-0.15, -0.1) is 0 Å². The zero-order valence-corrected chi connectivity index (χ0v) is 9.63. The van der Waals surface area contributed by atoms with Crippen molar-refractivity contribution in [3.63, 3.8) is 0 Å². The minimum Gasteiger partial charge on any atom is -0.351 e. The van der Waals surface area contributed by atoms with Crippen LogP contribution in [0.1, 0.15) is 39.0 Å². The molecule has 1 aliphatic rings. The zero-order chi connectivity index (χ0) is 8.65. The lowest BCUT2D eigenvalue weighted by molar-refractivity contribution is -0.0327. The highest BCUT2D eigenvalue weighted by molar-refractivity contribution is 6.26. The zero-order valence-electron chi connectivity index (χ0n) is 8.22. The predicted molar refractivity (Wildman–Crippen MR) is 54.8 cm³/mol. The molecule has 0 aromatic rings. The standard InChI is InChI=1S/C9H21NOSi/c1-2-3-6-9-12-11-10-7-4-5-8-10/h2-9,12H2,1H3. The first-order valence-electron chi connectivity index (χ1n) is 5.31. The molecule has 1 heterocycles. The topological polar surface area (TPSA) is 12.5 Å². The summed E-state index contributed by atoms with van der Waals surface area (Å²) in [5.41, 5.74) is 0. The molecule has 0 aliphatic carbocycles. The summed E-state index contributed by atoms with van der Waals surface area (Å²) in [5.74, 6) is 0. The van der Waals surface area contributed by atoms with Crippen LogP contribution in [0.25, 0.3) is 0 Å². The van der Waals surface area contributed by atoms with E-state index < -0.39 is 0 Å². The number of hydrogen-bond donors (Lipinski definition) is 0. The second kappa shape index (κ2) is 6.63. The Kier molecular flexibility index (Phi) is 5.65. The van der Waals surface area contributed by atoms with Gasteiger partial charge in [0.15, 0.2) is 9.76 Å². The minimum absolute atomic E-state index is 0.213. The highest BCUT2D eigenvalue weighted by atomic mass is 28.2. The first kappa shape index (κ1) is 10.2. The molecule has 1 rings (SSSR count). The van der Waals surface area contributed by atoms with E-state index in [1.807, 2.05) is 0 Å². The Morgan fingerprint density at radius 3 is 2.67 bits per heavy atom. The molecule has 0 saturated carbocycles. The van der Waals surface area contributed by atoms with Gasteiger partial charge in [-0.25, -0.2) is 5.06 Å². The van der Waals surface area contributed by atoms with Crippen LogP contribution < -0.4 is 0 Å². The molecule has 0 spiro atoms. The second-order valence-corrected chi connectivity index (χ2v) is 4.90. The summed E-state index contributed by atoms with van der Waals surface area (Å²) >= 11 is 0. The maximum Gasteiger partial charge on any atom is 0.190 e. The van der Waals surface area contributed by atoms with Gasteiger partial charge in [-0.1, -0.05) is 26.2 Å². The van der Waals surface area contributed by atoms with Gasteiger partial charge in [-0.2, -0.15) is 0 Å². The van der Waals surface area contributed by atoms with Gasteiger partial charge in [0.1, 0.15) is 0 Å². The summed E-state index contributed by atoms with van der Waals surface area (Å²) in [5, 5.41) is 2.18. The number of rotatable bonds is 6. The molecular weight excluding hydrogens is 166 g/mol. The van der Waals surface area contributed by atoms with Crippen LogP contribution >= 0.6 is 0 Å². The fourth-order valence-corrected chi connectivity index (χ4v) is 2.74. The molecule has 12 heavy (non-hydrogen) atoms. The number of hydrogen-bond acceptors (Lipinski definition) is 2. The molecule has 0 radical (unpaired) electrons. The van der Waals surface area contributed by atoms with E-state index in [1.165, 1.54) is 51.2 Å². The van der Waals surface area contributed by atoms with Gasteiger partial charge < -0.3 is 4.53 Å². The summed E-state index contributed by atoms with van der Waals surface area (Å²) < 4.78 is 5.72. The maximum absolute atomic E-state index is 5.72. The van der Waals surface area contributed by atoms with Crippen LogP contribution in [0.4, 0.5) is 0 Å². The third-order valence-electron chi connectivity index (χ3n) is 2.34. The number of nitrogens with zero attached hydrogens (tertiary/aromatic N) is 1. The van der Waals surface area contributed by atoms with Crippen molar-refractivity contribution in [2.45, 2.75) is 45.1 Å². The quantitative estimate of drug-likeness (QED) is 0.463. The van der Waals surface area contributed by atoms with Crippen LogP contribution in [0.5, 0.6) is 0 Å². The Morgan fingerprint density at radius 1 is 1.25 bits per heavy atom. The summed E-state index contributed by atoms with van der Waals surface area (Å²) in [6.45, 7) is 4.62. The SMILES string of the molecule is CCCCC[SiH2]ON1CCCC1. The summed E-state index contributed by atoms with van der Waals surface area (Å²) in [4.78, 5) is 0. The molecule has 0 atom stereocenters. The second-order valence-electron chi connectivity index (χ2n) is 3.53. The van der Waals surface area contributed by atoms with Crippen LogP contribution in [-0.4, -0.2) is 27.9 Å². The molecule has 1 fully saturated rings. The van der Waals surface area contributed by atoms with E-state index in [4.69, 9.17) is 4.53 Å². The number of hydroxylamine groups is 2. The third kappa shape index (κ3) is 4.23. The first-order chi connectivity index (χ1) is 5.93. The lowest BCUT2D eigenvalue weighted by atomic mass is 10.3. The average molecular weight is 187 g/mol. The van der Waals surface area contributed by atoms with Crippen molar-refractivity contribution in [1.82, 2.24) is 5.06 Å². The maximum atomic E-state index is 5.72. The molecule has 72 valence electrons. The fraction of sp³-hybridized carbons (Fsp3) is 1.00. The van der Waals surface area contributed by atoms with Gasteiger partial charge in [0.05, 0.1) is 0 Å². The van der Waals surface area contributed by atoms with Crippen molar-refractivity contribution in [1.29, 1.82) is 0 Å². The van der Waals surface area contributed by atoms with E-state index >= 15 is 0 Å². The largest absolute Gasteiger partial charge is 0.351 e. The van der Waals surface area contributed by atoms with Gasteiger partial charge >= 0.3 is 0 Å². The normalized spacial score (nSPS) is 19.8. The van der Waals surface area contributed by atoms with Crippen LogP contribution in [0.15, 0.2) is 0 Å². The molecule has 0 bridgehead atoms. The Hall–Kier alpha value is 0.137. The van der Waals surface area contributed by atoms with Crippen LogP contribution in [0.2, 0.25) is 6.04 Å². The first-order valence-corrected chi connectivity index (χ1v) is 6.89. The lowest BCUT2D eigenvalue weighted by Crippen LogP contribution is -2.21. The summed E-state index contributed by atoms with van der Waals surface area (Å²) in [6, 6.07) is 1.37. The smallest absolute Gasteiger partial charge is 0.190 e. The van der Waals surface area contributed by atoms with Crippen molar-refractivity contribution in [2.75, 3.05) is 13.1 Å². The monoisotopic (exact) mass is 187 g/mol.